The second-order valence-corrected chi connectivity index (χ2v) is 5.29. The van der Waals surface area contributed by atoms with E-state index in [9.17, 15) is 9.59 Å². The van der Waals surface area contributed by atoms with Crippen molar-refractivity contribution in [1.29, 1.82) is 0 Å². The van der Waals surface area contributed by atoms with Gasteiger partial charge in [-0.25, -0.2) is 4.79 Å². The summed E-state index contributed by atoms with van der Waals surface area (Å²) in [4.78, 5) is 23.6. The Morgan fingerprint density at radius 1 is 1.00 bits per heavy atom. The minimum Gasteiger partial charge on any atom is -0.486 e. The van der Waals surface area contributed by atoms with Gasteiger partial charge in [0.2, 0.25) is 5.91 Å². The predicted molar refractivity (Wildman–Crippen MR) is 91.1 cm³/mol. The molecule has 0 atom stereocenters. The third-order valence-corrected chi connectivity index (χ3v) is 3.40. The monoisotopic (exact) mass is 342 g/mol. The summed E-state index contributed by atoms with van der Waals surface area (Å²) in [5, 5.41) is 5.28. The molecule has 0 radical (unpaired) electrons. The van der Waals surface area contributed by atoms with Gasteiger partial charge in [0, 0.05) is 24.7 Å². The summed E-state index contributed by atoms with van der Waals surface area (Å²) in [5.41, 5.74) is 0.612. The molecule has 7 heteroatoms. The van der Waals surface area contributed by atoms with E-state index < -0.39 is 6.09 Å². The minimum atomic E-state index is -0.599. The van der Waals surface area contributed by atoms with Crippen molar-refractivity contribution in [1.82, 2.24) is 5.32 Å². The minimum absolute atomic E-state index is 0.123. The van der Waals surface area contributed by atoms with Gasteiger partial charge in [-0.1, -0.05) is 18.2 Å². The summed E-state index contributed by atoms with van der Waals surface area (Å²) < 4.78 is 16.0. The van der Waals surface area contributed by atoms with E-state index in [2.05, 4.69) is 10.6 Å². The van der Waals surface area contributed by atoms with Gasteiger partial charge >= 0.3 is 6.09 Å². The zero-order chi connectivity index (χ0) is 17.5. The van der Waals surface area contributed by atoms with Crippen molar-refractivity contribution in [3.8, 4) is 17.2 Å². The maximum Gasteiger partial charge on any atom is 0.412 e. The largest absolute Gasteiger partial charge is 0.486 e. The van der Waals surface area contributed by atoms with E-state index in [-0.39, 0.29) is 18.9 Å². The zero-order valence-electron chi connectivity index (χ0n) is 13.5. The molecule has 1 aliphatic heterocycles. The van der Waals surface area contributed by atoms with Crippen molar-refractivity contribution in [2.45, 2.75) is 6.42 Å². The molecular weight excluding hydrogens is 324 g/mol. The second kappa shape index (κ2) is 8.05. The van der Waals surface area contributed by atoms with E-state index in [0.29, 0.717) is 36.1 Å². The highest BCUT2D eigenvalue weighted by Gasteiger charge is 2.13. The van der Waals surface area contributed by atoms with Gasteiger partial charge in [0.05, 0.1) is 0 Å². The number of para-hydroxylation sites is 1. The molecule has 0 saturated heterocycles. The number of benzene rings is 2. The molecule has 3 rings (SSSR count). The lowest BCUT2D eigenvalue weighted by molar-refractivity contribution is -0.116. The van der Waals surface area contributed by atoms with Crippen molar-refractivity contribution in [3.05, 3.63) is 48.5 Å². The molecule has 2 aromatic carbocycles. The van der Waals surface area contributed by atoms with Gasteiger partial charge in [0.15, 0.2) is 11.5 Å². The molecule has 0 spiro atoms. The molecule has 0 bridgehead atoms. The van der Waals surface area contributed by atoms with E-state index in [4.69, 9.17) is 14.2 Å². The average molecular weight is 342 g/mol. The molecule has 0 saturated carbocycles. The van der Waals surface area contributed by atoms with E-state index in [1.807, 2.05) is 6.07 Å². The summed E-state index contributed by atoms with van der Waals surface area (Å²) in [6, 6.07) is 13.9. The van der Waals surface area contributed by atoms with Gasteiger partial charge in [-0.15, -0.1) is 0 Å². The Hall–Kier alpha value is -3.22. The molecule has 2 N–H and O–H groups in total. The van der Waals surface area contributed by atoms with Crippen LogP contribution in [0.2, 0.25) is 0 Å². The molecule has 2 aromatic rings. The van der Waals surface area contributed by atoms with Gasteiger partial charge in [-0.05, 0) is 24.3 Å². The Bertz CT molecular complexity index is 748. The summed E-state index contributed by atoms with van der Waals surface area (Å²) in [7, 11) is 0. The molecule has 1 aliphatic rings. The van der Waals surface area contributed by atoms with Crippen molar-refractivity contribution in [3.63, 3.8) is 0 Å². The van der Waals surface area contributed by atoms with E-state index >= 15 is 0 Å². The standard InChI is InChI=1S/C18H18N2O5/c21-17(8-9-19-18(22)25-14-4-2-1-3-5-14)20-13-6-7-15-16(12-13)24-11-10-23-15/h1-7,12H,8-11H2,(H,19,22)(H,20,21). The smallest absolute Gasteiger partial charge is 0.412 e. The lowest BCUT2D eigenvalue weighted by Crippen LogP contribution is -2.30. The van der Waals surface area contributed by atoms with Gasteiger partial charge in [0.1, 0.15) is 19.0 Å². The Morgan fingerprint density at radius 2 is 1.76 bits per heavy atom. The van der Waals surface area contributed by atoms with Crippen LogP contribution in [0, 0.1) is 0 Å². The fraction of sp³-hybridized carbons (Fsp3) is 0.222. The van der Waals surface area contributed by atoms with Crippen LogP contribution in [0.1, 0.15) is 6.42 Å². The van der Waals surface area contributed by atoms with E-state index in [0.717, 1.165) is 0 Å². The van der Waals surface area contributed by atoms with Gasteiger partial charge < -0.3 is 24.8 Å². The van der Waals surface area contributed by atoms with Crippen molar-refractivity contribution >= 4 is 17.7 Å². The van der Waals surface area contributed by atoms with E-state index in [1.54, 1.807) is 42.5 Å². The van der Waals surface area contributed by atoms with Crippen molar-refractivity contribution in [2.24, 2.45) is 0 Å². The normalized spacial score (nSPS) is 12.2. The summed E-state index contributed by atoms with van der Waals surface area (Å²) in [6.45, 7) is 1.17. The van der Waals surface area contributed by atoms with Crippen LogP contribution in [0.15, 0.2) is 48.5 Å². The first-order valence-corrected chi connectivity index (χ1v) is 7.91. The number of anilines is 1. The molecule has 0 unspecified atom stereocenters. The molecule has 7 nitrogen and oxygen atoms in total. The fourth-order valence-corrected chi connectivity index (χ4v) is 2.25. The van der Waals surface area contributed by atoms with Gasteiger partial charge in [0.25, 0.3) is 0 Å². The van der Waals surface area contributed by atoms with Crippen LogP contribution in [-0.2, 0) is 4.79 Å². The number of carbonyl (C=O) groups excluding carboxylic acids is 2. The number of carbonyl (C=O) groups is 2. The van der Waals surface area contributed by atoms with Gasteiger partial charge in [-0.3, -0.25) is 4.79 Å². The molecule has 25 heavy (non-hydrogen) atoms. The number of nitrogens with one attached hydrogen (secondary N) is 2. The quantitative estimate of drug-likeness (QED) is 0.872. The number of ether oxygens (including phenoxy) is 3. The average Bonchev–Trinajstić information content (AvgIpc) is 2.62. The molecule has 0 fully saturated rings. The number of rotatable bonds is 5. The topological polar surface area (TPSA) is 85.9 Å². The maximum atomic E-state index is 11.9. The van der Waals surface area contributed by atoms with Crippen LogP contribution in [0.3, 0.4) is 0 Å². The third kappa shape index (κ3) is 4.87. The zero-order valence-corrected chi connectivity index (χ0v) is 13.5. The number of hydrogen-bond donors (Lipinski definition) is 2. The molecule has 1 heterocycles. The molecule has 2 amide bonds. The van der Waals surface area contributed by atoms with Crippen LogP contribution in [0.4, 0.5) is 10.5 Å². The Kier molecular flexibility index (Phi) is 5.36. The molecule has 0 aromatic heterocycles. The van der Waals surface area contributed by atoms with Crippen molar-refractivity contribution < 1.29 is 23.8 Å². The Labute approximate surface area is 144 Å². The van der Waals surface area contributed by atoms with Crippen molar-refractivity contribution in [2.75, 3.05) is 25.1 Å². The SMILES string of the molecule is O=C(CCNC(=O)Oc1ccccc1)Nc1ccc2c(c1)OCCO2. The van der Waals surface area contributed by atoms with E-state index in [1.165, 1.54) is 0 Å². The summed E-state index contributed by atoms with van der Waals surface area (Å²) in [6.07, 6.45) is -0.475. The van der Waals surface area contributed by atoms with Crippen LogP contribution < -0.4 is 24.8 Å². The highest BCUT2D eigenvalue weighted by molar-refractivity contribution is 5.91. The Balaban J connectivity index is 1.41. The lowest BCUT2D eigenvalue weighted by atomic mass is 10.2. The molecular formula is C18H18N2O5. The number of hydrogen-bond acceptors (Lipinski definition) is 5. The van der Waals surface area contributed by atoms with Crippen LogP contribution in [0.25, 0.3) is 0 Å². The molecule has 130 valence electrons. The first-order valence-electron chi connectivity index (χ1n) is 7.91. The molecule has 0 aliphatic carbocycles. The predicted octanol–water partition coefficient (Wildman–Crippen LogP) is 2.58. The second-order valence-electron chi connectivity index (χ2n) is 5.29. The highest BCUT2D eigenvalue weighted by atomic mass is 16.6. The van der Waals surface area contributed by atoms with Gasteiger partial charge in [-0.2, -0.15) is 0 Å². The van der Waals surface area contributed by atoms with Crippen LogP contribution >= 0.6 is 0 Å². The summed E-state index contributed by atoms with van der Waals surface area (Å²) in [5.74, 6) is 1.49. The van der Waals surface area contributed by atoms with Crippen LogP contribution in [-0.4, -0.2) is 31.8 Å². The summed E-state index contributed by atoms with van der Waals surface area (Å²) >= 11 is 0. The maximum absolute atomic E-state index is 11.9. The highest BCUT2D eigenvalue weighted by Crippen LogP contribution is 2.32. The van der Waals surface area contributed by atoms with Crippen LogP contribution in [0.5, 0.6) is 17.2 Å². The number of amides is 2. The lowest BCUT2D eigenvalue weighted by Gasteiger charge is -2.19. The third-order valence-electron chi connectivity index (χ3n) is 3.40. The number of fused-ring (bicyclic) bond motifs is 1. The first-order chi connectivity index (χ1) is 12.2. The first kappa shape index (κ1) is 16.6. The Morgan fingerprint density at radius 3 is 2.56 bits per heavy atom. The fourth-order valence-electron chi connectivity index (χ4n) is 2.25.